The molecule has 1 N–H and O–H groups in total. The monoisotopic (exact) mass is 380 g/mol. The molecule has 4 nitrogen and oxygen atoms in total. The zero-order chi connectivity index (χ0) is 19.2. The van der Waals surface area contributed by atoms with Crippen molar-refractivity contribution in [1.29, 1.82) is 0 Å². The van der Waals surface area contributed by atoms with E-state index in [2.05, 4.69) is 17.5 Å². The molecule has 0 saturated carbocycles. The molecule has 0 atom stereocenters. The van der Waals surface area contributed by atoms with Crippen LogP contribution in [0.1, 0.15) is 29.4 Å². The lowest BCUT2D eigenvalue weighted by Crippen LogP contribution is -2.19. The summed E-state index contributed by atoms with van der Waals surface area (Å²) in [5, 5.41) is 4.66. The van der Waals surface area contributed by atoms with Crippen LogP contribution in [0.15, 0.2) is 64.1 Å². The molecule has 0 unspecified atom stereocenters. The first-order valence-corrected chi connectivity index (χ1v) is 9.19. The molecule has 0 aliphatic heterocycles. The van der Waals surface area contributed by atoms with Crippen molar-refractivity contribution in [3.05, 3.63) is 82.1 Å². The number of halogens is 1. The van der Waals surface area contributed by atoms with Crippen LogP contribution in [0.2, 0.25) is 5.02 Å². The van der Waals surface area contributed by atoms with Crippen molar-refractivity contribution in [2.24, 2.45) is 5.10 Å². The van der Waals surface area contributed by atoms with Gasteiger partial charge in [-0.2, -0.15) is 5.10 Å². The Morgan fingerprint density at radius 1 is 1.11 bits per heavy atom. The van der Waals surface area contributed by atoms with E-state index in [4.69, 9.17) is 16.0 Å². The van der Waals surface area contributed by atoms with Gasteiger partial charge in [0.2, 0.25) is 5.91 Å². The highest BCUT2D eigenvalue weighted by molar-refractivity contribution is 6.31. The summed E-state index contributed by atoms with van der Waals surface area (Å²) in [6.45, 7) is 4.05. The largest absolute Gasteiger partial charge is 0.455 e. The van der Waals surface area contributed by atoms with Crippen molar-refractivity contribution in [2.45, 2.75) is 26.7 Å². The molecule has 0 aliphatic carbocycles. The number of nitrogens with zero attached hydrogens (tertiary/aromatic N) is 1. The van der Waals surface area contributed by atoms with Crippen molar-refractivity contribution in [3.63, 3.8) is 0 Å². The van der Waals surface area contributed by atoms with Gasteiger partial charge in [-0.25, -0.2) is 5.43 Å². The van der Waals surface area contributed by atoms with Gasteiger partial charge in [0, 0.05) is 10.6 Å². The third-order valence-electron chi connectivity index (χ3n) is 4.26. The Kier molecular flexibility index (Phi) is 6.09. The predicted molar refractivity (Wildman–Crippen MR) is 109 cm³/mol. The lowest BCUT2D eigenvalue weighted by Gasteiger charge is -2.02. The standard InChI is InChI=1S/C22H21ClN2O2/c1-3-16-5-7-17(8-6-16)12-22(26)25-24-14-19-10-11-21(27-19)18-9-4-15(2)20(23)13-18/h4-11,13-14H,3,12H2,1-2H3,(H,25,26)/b24-14-. The maximum Gasteiger partial charge on any atom is 0.244 e. The van der Waals surface area contributed by atoms with Gasteiger partial charge in [0.1, 0.15) is 11.5 Å². The maximum atomic E-state index is 12.0. The molecule has 0 spiro atoms. The van der Waals surface area contributed by atoms with Gasteiger partial charge in [-0.1, -0.05) is 54.9 Å². The highest BCUT2D eigenvalue weighted by Gasteiger charge is 2.06. The summed E-state index contributed by atoms with van der Waals surface area (Å²) in [4.78, 5) is 12.0. The van der Waals surface area contributed by atoms with Crippen LogP contribution < -0.4 is 5.43 Å². The molecule has 0 radical (unpaired) electrons. The topological polar surface area (TPSA) is 54.6 Å². The van der Waals surface area contributed by atoms with Gasteiger partial charge in [-0.3, -0.25) is 4.79 Å². The molecular weight excluding hydrogens is 360 g/mol. The smallest absolute Gasteiger partial charge is 0.244 e. The van der Waals surface area contributed by atoms with E-state index >= 15 is 0 Å². The molecule has 138 valence electrons. The van der Waals surface area contributed by atoms with E-state index in [1.165, 1.54) is 11.8 Å². The zero-order valence-electron chi connectivity index (χ0n) is 15.3. The molecule has 3 aromatic rings. The quantitative estimate of drug-likeness (QED) is 0.474. The molecule has 0 aliphatic rings. The number of hydrogen-bond donors (Lipinski definition) is 1. The van der Waals surface area contributed by atoms with Crippen molar-refractivity contribution >= 4 is 23.7 Å². The minimum Gasteiger partial charge on any atom is -0.455 e. The van der Waals surface area contributed by atoms with Gasteiger partial charge in [0.05, 0.1) is 12.6 Å². The van der Waals surface area contributed by atoms with E-state index in [-0.39, 0.29) is 12.3 Å². The Morgan fingerprint density at radius 2 is 1.85 bits per heavy atom. The molecule has 0 bridgehead atoms. The first-order valence-electron chi connectivity index (χ1n) is 8.81. The van der Waals surface area contributed by atoms with E-state index < -0.39 is 0 Å². The van der Waals surface area contributed by atoms with E-state index in [1.807, 2.05) is 55.5 Å². The number of amides is 1. The zero-order valence-corrected chi connectivity index (χ0v) is 16.1. The van der Waals surface area contributed by atoms with Crippen LogP contribution in [0, 0.1) is 6.92 Å². The van der Waals surface area contributed by atoms with E-state index in [1.54, 1.807) is 6.07 Å². The number of hydrazone groups is 1. The van der Waals surface area contributed by atoms with Crippen LogP contribution in [-0.4, -0.2) is 12.1 Å². The molecular formula is C22H21ClN2O2. The second kappa shape index (κ2) is 8.69. The van der Waals surface area contributed by atoms with Gasteiger partial charge in [0.25, 0.3) is 0 Å². The fourth-order valence-corrected chi connectivity index (χ4v) is 2.79. The molecule has 3 rings (SSSR count). The summed E-state index contributed by atoms with van der Waals surface area (Å²) in [5.41, 5.74) is 6.64. The number of benzene rings is 2. The fraction of sp³-hybridized carbons (Fsp3) is 0.182. The first kappa shape index (κ1) is 18.9. The Hall–Kier alpha value is -2.85. The first-order chi connectivity index (χ1) is 13.0. The Morgan fingerprint density at radius 3 is 2.56 bits per heavy atom. The minimum absolute atomic E-state index is 0.174. The second-order valence-corrected chi connectivity index (χ2v) is 6.71. The van der Waals surface area contributed by atoms with Gasteiger partial charge in [0.15, 0.2) is 0 Å². The van der Waals surface area contributed by atoms with Gasteiger partial charge >= 0.3 is 0 Å². The Labute approximate surface area is 163 Å². The van der Waals surface area contributed by atoms with E-state index in [0.29, 0.717) is 16.5 Å². The summed E-state index contributed by atoms with van der Waals surface area (Å²) in [6, 6.07) is 17.4. The van der Waals surface area contributed by atoms with Crippen LogP contribution in [0.4, 0.5) is 0 Å². The second-order valence-electron chi connectivity index (χ2n) is 6.31. The highest BCUT2D eigenvalue weighted by atomic mass is 35.5. The van der Waals surface area contributed by atoms with Crippen LogP contribution in [0.25, 0.3) is 11.3 Å². The molecule has 1 amide bonds. The predicted octanol–water partition coefficient (Wildman–Crippen LogP) is 5.16. The summed E-state index contributed by atoms with van der Waals surface area (Å²) in [5.74, 6) is 1.07. The molecule has 1 aromatic heterocycles. The summed E-state index contributed by atoms with van der Waals surface area (Å²) >= 11 is 6.16. The third-order valence-corrected chi connectivity index (χ3v) is 4.67. The van der Waals surface area contributed by atoms with Gasteiger partial charge in [-0.15, -0.1) is 0 Å². The van der Waals surface area contributed by atoms with Gasteiger partial charge in [-0.05, 0) is 48.2 Å². The van der Waals surface area contributed by atoms with E-state index in [9.17, 15) is 4.79 Å². The van der Waals surface area contributed by atoms with Gasteiger partial charge < -0.3 is 4.42 Å². The SMILES string of the molecule is CCc1ccc(CC(=O)N/N=C\c2ccc(-c3ccc(C)c(Cl)c3)o2)cc1. The maximum absolute atomic E-state index is 12.0. The number of rotatable bonds is 6. The minimum atomic E-state index is -0.174. The summed E-state index contributed by atoms with van der Waals surface area (Å²) in [6.07, 6.45) is 2.75. The molecule has 1 heterocycles. The van der Waals surface area contributed by atoms with Crippen LogP contribution in [-0.2, 0) is 17.6 Å². The van der Waals surface area contributed by atoms with Crippen molar-refractivity contribution in [1.82, 2.24) is 5.43 Å². The van der Waals surface area contributed by atoms with Crippen LogP contribution in [0.3, 0.4) is 0 Å². The summed E-state index contributed by atoms with van der Waals surface area (Å²) in [7, 11) is 0. The lowest BCUT2D eigenvalue weighted by molar-refractivity contribution is -0.120. The molecule has 2 aromatic carbocycles. The number of aryl methyl sites for hydroxylation is 2. The average molecular weight is 381 g/mol. The molecule has 27 heavy (non-hydrogen) atoms. The van der Waals surface area contributed by atoms with Crippen LogP contribution >= 0.6 is 11.6 Å². The number of nitrogens with one attached hydrogen (secondary N) is 1. The number of carbonyl (C=O) groups excluding carboxylic acids is 1. The molecule has 0 saturated heterocycles. The average Bonchev–Trinajstić information content (AvgIpc) is 3.13. The van der Waals surface area contributed by atoms with Crippen LogP contribution in [0.5, 0.6) is 0 Å². The number of furan rings is 1. The Balaban J connectivity index is 1.57. The third kappa shape index (κ3) is 5.08. The van der Waals surface area contributed by atoms with Crippen molar-refractivity contribution in [2.75, 3.05) is 0 Å². The summed E-state index contributed by atoms with van der Waals surface area (Å²) < 4.78 is 5.73. The molecule has 0 fully saturated rings. The lowest BCUT2D eigenvalue weighted by atomic mass is 10.1. The number of hydrogen-bond acceptors (Lipinski definition) is 3. The van der Waals surface area contributed by atoms with E-state index in [0.717, 1.165) is 23.1 Å². The number of carbonyl (C=O) groups is 1. The highest BCUT2D eigenvalue weighted by Crippen LogP contribution is 2.26. The Bertz CT molecular complexity index is 959. The normalized spacial score (nSPS) is 11.1. The molecule has 5 heteroatoms. The van der Waals surface area contributed by atoms with Crippen molar-refractivity contribution in [3.8, 4) is 11.3 Å². The fourth-order valence-electron chi connectivity index (χ4n) is 2.61. The van der Waals surface area contributed by atoms with Crippen molar-refractivity contribution < 1.29 is 9.21 Å².